The van der Waals surface area contributed by atoms with E-state index in [0.29, 0.717) is 11.6 Å². The molecule has 130 heavy (non-hydrogen) atoms. The van der Waals surface area contributed by atoms with Crippen molar-refractivity contribution >= 4 is 142 Å². The molecule has 0 spiro atoms. The van der Waals surface area contributed by atoms with Crippen molar-refractivity contribution in [2.45, 2.75) is 0 Å². The molecular formula is C117H75N13. The van der Waals surface area contributed by atoms with Crippen LogP contribution in [0.25, 0.3) is 232 Å². The Morgan fingerprint density at radius 3 is 0.977 bits per heavy atom. The summed E-state index contributed by atoms with van der Waals surface area (Å²) in [7, 11) is 0. The van der Waals surface area contributed by atoms with Gasteiger partial charge in [-0.25, -0.2) is 29.9 Å². The van der Waals surface area contributed by atoms with Gasteiger partial charge in [0, 0.05) is 164 Å². The Kier molecular flexibility index (Phi) is 17.9. The van der Waals surface area contributed by atoms with Gasteiger partial charge in [0.1, 0.15) is 0 Å². The average Bonchev–Trinajstić information content (AvgIpc) is 1.58. The van der Waals surface area contributed by atoms with Gasteiger partial charge in [-0.1, -0.05) is 231 Å². The number of fused-ring (bicyclic) bond motifs is 19. The average molecular weight is 1660 g/mol. The maximum atomic E-state index is 5.19. The SMILES string of the molecule is c1ccc(-c2nc(-c3ccc(-n4c5ccccc5c5ccc6c(ccn6-c6ccccc6)c54)cc3)nc3ccccc23)cc1.c1ccc(-n2ccc3c2ccc2c4ccccc4n(-c4ccc(-c5nc(-c6ccc7ccccc7c6)c6ccccc6n5)cc4)c23)cc1.c1ccc(-n2ccc3c2ccc2c4ccccc4n(-c4ccc(-c5ncc6cnccc6n5)cc4)c23)cc1. The summed E-state index contributed by atoms with van der Waals surface area (Å²) in [5.41, 5.74) is 27.2. The minimum atomic E-state index is 0.708. The molecule has 0 unspecified atom stereocenters. The van der Waals surface area contributed by atoms with Gasteiger partial charge in [0.05, 0.1) is 77.6 Å². The fourth-order valence-corrected chi connectivity index (χ4v) is 19.4. The quantitative estimate of drug-likeness (QED) is 0.126. The zero-order valence-electron chi connectivity index (χ0n) is 70.1. The number of hydrogen-bond acceptors (Lipinski definition) is 7. The number of benzene rings is 17. The Morgan fingerprint density at radius 2 is 0.538 bits per heavy atom. The van der Waals surface area contributed by atoms with Crippen molar-refractivity contribution in [1.29, 1.82) is 0 Å². The first-order chi connectivity index (χ1) is 64.5. The fourth-order valence-electron chi connectivity index (χ4n) is 19.4. The maximum absolute atomic E-state index is 5.19. The van der Waals surface area contributed by atoms with Crippen LogP contribution in [0, 0.1) is 0 Å². The van der Waals surface area contributed by atoms with Gasteiger partial charge < -0.3 is 27.4 Å². The van der Waals surface area contributed by atoms with Crippen molar-refractivity contribution in [3.63, 3.8) is 0 Å². The molecule has 0 fully saturated rings. The molecule has 0 saturated carbocycles. The lowest BCUT2D eigenvalue weighted by molar-refractivity contribution is 1.13. The Hall–Kier alpha value is -17.8. The van der Waals surface area contributed by atoms with Crippen molar-refractivity contribution in [2.24, 2.45) is 0 Å². The van der Waals surface area contributed by atoms with Crippen LogP contribution in [0.5, 0.6) is 0 Å². The van der Waals surface area contributed by atoms with E-state index in [2.05, 4.69) is 444 Å². The molecule has 608 valence electrons. The highest BCUT2D eigenvalue weighted by Crippen LogP contribution is 2.44. The molecule has 10 aromatic heterocycles. The monoisotopic (exact) mass is 1660 g/mol. The molecule has 0 saturated heterocycles. The van der Waals surface area contributed by atoms with Gasteiger partial charge in [0.2, 0.25) is 0 Å². The van der Waals surface area contributed by atoms with Gasteiger partial charge in [0.25, 0.3) is 0 Å². The fraction of sp³-hybridized carbons (Fsp3) is 0. The van der Waals surface area contributed by atoms with E-state index >= 15 is 0 Å². The van der Waals surface area contributed by atoms with E-state index in [0.717, 1.165) is 112 Å². The van der Waals surface area contributed by atoms with E-state index in [9.17, 15) is 0 Å². The summed E-state index contributed by atoms with van der Waals surface area (Å²) in [5, 5.41) is 16.6. The molecule has 0 aliphatic heterocycles. The van der Waals surface area contributed by atoms with Crippen LogP contribution in [-0.2, 0) is 0 Å². The molecule has 0 aliphatic rings. The van der Waals surface area contributed by atoms with E-state index in [-0.39, 0.29) is 0 Å². The third-order valence-corrected chi connectivity index (χ3v) is 25.4. The van der Waals surface area contributed by atoms with Crippen LogP contribution in [-0.4, -0.2) is 62.3 Å². The Balaban J connectivity index is 0.000000106. The van der Waals surface area contributed by atoms with Crippen molar-refractivity contribution in [3.05, 3.63) is 456 Å². The van der Waals surface area contributed by atoms with Crippen molar-refractivity contribution < 1.29 is 0 Å². The third kappa shape index (κ3) is 12.7. The summed E-state index contributed by atoms with van der Waals surface area (Å²) < 4.78 is 14.0. The summed E-state index contributed by atoms with van der Waals surface area (Å²) in [6.45, 7) is 0. The molecule has 17 aromatic carbocycles. The Bertz CT molecular complexity index is 9080. The molecule has 13 nitrogen and oxygen atoms in total. The molecule has 27 aromatic rings. The maximum Gasteiger partial charge on any atom is 0.160 e. The van der Waals surface area contributed by atoms with Gasteiger partial charge in [-0.15, -0.1) is 0 Å². The van der Waals surface area contributed by atoms with Crippen LogP contribution in [0.3, 0.4) is 0 Å². The van der Waals surface area contributed by atoms with Crippen LogP contribution in [0.1, 0.15) is 0 Å². The minimum absolute atomic E-state index is 0.708. The minimum Gasteiger partial charge on any atom is -0.316 e. The first kappa shape index (κ1) is 74.8. The second-order valence-corrected chi connectivity index (χ2v) is 32.8. The number of pyridine rings is 1. The molecule has 0 radical (unpaired) electrons. The zero-order chi connectivity index (χ0) is 85.7. The molecule has 13 heteroatoms. The third-order valence-electron chi connectivity index (χ3n) is 25.4. The summed E-state index contributed by atoms with van der Waals surface area (Å²) in [6, 6.07) is 147. The molecule has 0 bridgehead atoms. The smallest absolute Gasteiger partial charge is 0.160 e. The molecule has 0 aliphatic carbocycles. The van der Waals surface area contributed by atoms with Gasteiger partial charge in [-0.3, -0.25) is 4.98 Å². The van der Waals surface area contributed by atoms with E-state index in [1.54, 1.807) is 12.4 Å². The first-order valence-electron chi connectivity index (χ1n) is 43.7. The van der Waals surface area contributed by atoms with E-state index in [4.69, 9.17) is 24.9 Å². The molecular weight excluding hydrogens is 1590 g/mol. The molecule has 10 heterocycles. The second kappa shape index (κ2) is 31.1. The largest absolute Gasteiger partial charge is 0.316 e. The number of para-hydroxylation sites is 8. The van der Waals surface area contributed by atoms with Gasteiger partial charge in [-0.2, -0.15) is 0 Å². The van der Waals surface area contributed by atoms with Crippen molar-refractivity contribution in [1.82, 2.24) is 62.3 Å². The van der Waals surface area contributed by atoms with Crippen LogP contribution in [0.2, 0.25) is 0 Å². The Labute approximate surface area is 745 Å². The summed E-state index contributed by atoms with van der Waals surface area (Å²) >= 11 is 0. The first-order valence-corrected chi connectivity index (χ1v) is 43.7. The standard InChI is InChI=1S/C44H28N4.C40H26N4.C33H21N5/c1-2-12-33(13-3-1)47-27-26-38-40(47)25-24-36-35-14-7-9-17-41(35)48(43(36)38)34-22-20-30(21-23-34)44-45-39-16-8-6-15-37(39)42(46-44)32-19-18-29-10-4-5-11-31(29)28-32;1-3-11-27(12-4-1)38-33-16-7-9-17-35(33)41-40(42-38)28-19-21-30(22-20-28)44-37-18-10-8-15-31(37)32-23-24-36-34(39(32)44)25-26-43(36)29-13-5-2-6-14-29;1-2-6-24(7-3-1)37-19-17-28-30(37)15-14-27-26-8-4-5-9-31(26)38(32(27)28)25-12-10-22(11-13-25)33-35-21-23-20-34-18-16-29(23)36-33/h1-28H;1-26H;1-21H. The topological polar surface area (TPSA) is 120 Å². The number of aromatic nitrogens is 13. The van der Waals surface area contributed by atoms with Crippen LogP contribution in [0.4, 0.5) is 0 Å². The molecule has 0 amide bonds. The lowest BCUT2D eigenvalue weighted by Crippen LogP contribution is -1.97. The van der Waals surface area contributed by atoms with Crippen LogP contribution in [0.15, 0.2) is 456 Å². The highest BCUT2D eigenvalue weighted by atomic mass is 15.0. The van der Waals surface area contributed by atoms with Gasteiger partial charge >= 0.3 is 0 Å². The summed E-state index contributed by atoms with van der Waals surface area (Å²) in [5.74, 6) is 2.14. The number of hydrogen-bond donors (Lipinski definition) is 0. The van der Waals surface area contributed by atoms with E-state index in [1.165, 1.54) is 109 Å². The zero-order valence-corrected chi connectivity index (χ0v) is 70.1. The highest BCUT2D eigenvalue weighted by molar-refractivity contribution is 6.21. The summed E-state index contributed by atoms with van der Waals surface area (Å²) in [4.78, 5) is 33.8. The van der Waals surface area contributed by atoms with Gasteiger partial charge in [-0.05, 0) is 199 Å². The predicted molar refractivity (Wildman–Crippen MR) is 535 cm³/mol. The normalized spacial score (nSPS) is 11.7. The molecule has 0 N–H and O–H groups in total. The number of nitrogens with zero attached hydrogens (tertiary/aromatic N) is 13. The van der Waals surface area contributed by atoms with E-state index in [1.807, 2.05) is 36.5 Å². The predicted octanol–water partition coefficient (Wildman–Crippen LogP) is 28.9. The molecule has 27 rings (SSSR count). The van der Waals surface area contributed by atoms with Crippen LogP contribution < -0.4 is 0 Å². The van der Waals surface area contributed by atoms with Crippen LogP contribution >= 0.6 is 0 Å². The van der Waals surface area contributed by atoms with Crippen molar-refractivity contribution in [3.8, 4) is 90.8 Å². The van der Waals surface area contributed by atoms with Crippen molar-refractivity contribution in [2.75, 3.05) is 0 Å². The lowest BCUT2D eigenvalue weighted by Gasteiger charge is -2.12. The van der Waals surface area contributed by atoms with E-state index < -0.39 is 0 Å². The lowest BCUT2D eigenvalue weighted by atomic mass is 10.0. The second-order valence-electron chi connectivity index (χ2n) is 32.8. The number of rotatable bonds is 11. The Morgan fingerprint density at radius 1 is 0.185 bits per heavy atom. The summed E-state index contributed by atoms with van der Waals surface area (Å²) in [6.07, 6.45) is 11.9. The highest BCUT2D eigenvalue weighted by Gasteiger charge is 2.24. The van der Waals surface area contributed by atoms with Gasteiger partial charge in [0.15, 0.2) is 17.5 Å². The molecule has 0 atom stereocenters.